The third-order valence-electron chi connectivity index (χ3n) is 8.23. The summed E-state index contributed by atoms with van der Waals surface area (Å²) >= 11 is 1.06. The Morgan fingerprint density at radius 2 is 1.84 bits per heavy atom. The van der Waals surface area contributed by atoms with E-state index in [1.165, 1.54) is 9.47 Å². The van der Waals surface area contributed by atoms with Gasteiger partial charge in [-0.1, -0.05) is 13.0 Å². The molecule has 1 fully saturated rings. The molecular formula is C31H31F4N9O5S. The number of anilines is 3. The SMILES string of the molecule is CCc1c(N2CCN(C(=O)C(=O)Nc3cc(C)ns3)CC2)c(=O)n2nc(C3=CCOCC3)nc2n1CC(=O)Nc1ccc(C(F)(F)F)cc1F. The molecule has 2 aliphatic heterocycles. The molecule has 0 bridgehead atoms. The second kappa shape index (κ2) is 14.0. The fourth-order valence-electron chi connectivity index (χ4n) is 5.79. The first kappa shape index (κ1) is 34.7. The van der Waals surface area contributed by atoms with Crippen molar-refractivity contribution in [3.05, 3.63) is 69.3 Å². The van der Waals surface area contributed by atoms with Crippen molar-refractivity contribution in [1.29, 1.82) is 0 Å². The molecule has 6 rings (SSSR count). The second-order valence-electron chi connectivity index (χ2n) is 11.5. The average Bonchev–Trinajstić information content (AvgIpc) is 3.73. The first-order valence-electron chi connectivity index (χ1n) is 15.6. The number of aryl methyl sites for hydroxylation is 1. The van der Waals surface area contributed by atoms with E-state index in [0.29, 0.717) is 48.2 Å². The molecule has 5 heterocycles. The number of fused-ring (bicyclic) bond motifs is 1. The van der Waals surface area contributed by atoms with Crippen LogP contribution >= 0.6 is 11.5 Å². The Balaban J connectivity index is 1.30. The van der Waals surface area contributed by atoms with Crippen LogP contribution in [0.25, 0.3) is 11.4 Å². The lowest BCUT2D eigenvalue weighted by atomic mass is 10.1. The Morgan fingerprint density at radius 3 is 2.46 bits per heavy atom. The number of rotatable bonds is 7. The highest BCUT2D eigenvalue weighted by molar-refractivity contribution is 7.10. The number of hydrogen-bond donors (Lipinski definition) is 2. The van der Waals surface area contributed by atoms with Crippen molar-refractivity contribution >= 4 is 57.0 Å². The largest absolute Gasteiger partial charge is 0.416 e. The van der Waals surface area contributed by atoms with Crippen LogP contribution in [0, 0.1) is 12.7 Å². The number of alkyl halides is 3. The molecule has 0 atom stereocenters. The fourth-order valence-corrected chi connectivity index (χ4v) is 6.44. The van der Waals surface area contributed by atoms with Gasteiger partial charge in [0.2, 0.25) is 11.7 Å². The van der Waals surface area contributed by atoms with Gasteiger partial charge in [-0.05, 0) is 61.1 Å². The van der Waals surface area contributed by atoms with Gasteiger partial charge in [-0.2, -0.15) is 27.0 Å². The minimum absolute atomic E-state index is 0.0322. The van der Waals surface area contributed by atoms with Crippen LogP contribution in [-0.2, 0) is 38.3 Å². The Morgan fingerprint density at radius 1 is 1.08 bits per heavy atom. The molecule has 3 aromatic heterocycles. The predicted octanol–water partition coefficient (Wildman–Crippen LogP) is 3.11. The number of aromatic nitrogens is 5. The summed E-state index contributed by atoms with van der Waals surface area (Å²) in [6.45, 7) is 4.33. The van der Waals surface area contributed by atoms with Gasteiger partial charge < -0.3 is 29.7 Å². The summed E-state index contributed by atoms with van der Waals surface area (Å²) in [5.41, 5.74) is -0.153. The molecule has 0 unspecified atom stereocenters. The molecule has 1 saturated heterocycles. The normalized spacial score (nSPS) is 15.3. The molecule has 14 nitrogen and oxygen atoms in total. The van der Waals surface area contributed by atoms with Crippen LogP contribution in [0.15, 0.2) is 35.1 Å². The predicted molar refractivity (Wildman–Crippen MR) is 174 cm³/mol. The third-order valence-corrected chi connectivity index (χ3v) is 9.02. The number of halogens is 4. The third kappa shape index (κ3) is 7.09. The highest BCUT2D eigenvalue weighted by Crippen LogP contribution is 2.31. The fraction of sp³-hybridized carbons (Fsp3) is 0.387. The Bertz CT molecular complexity index is 2060. The standard InChI is InChI=1S/C31H31F4N9O5S/c1-3-22-25(41-8-10-42(11-9-41)29(48)27(46)37-24-14-17(2)40-50-24)28(47)44-30(38-26(39-44)18-6-12-49-13-7-18)43(22)16-23(45)36-21-5-4-19(15-20(21)32)31(33,34)35/h4-6,14-15H,3,7-13,16H2,1-2H3,(H,36,45)(H,37,46). The summed E-state index contributed by atoms with van der Waals surface area (Å²) < 4.78 is 65.8. The molecule has 19 heteroatoms. The van der Waals surface area contributed by atoms with Crippen LogP contribution in [0.2, 0.25) is 0 Å². The Kier molecular flexibility index (Phi) is 9.70. The summed E-state index contributed by atoms with van der Waals surface area (Å²) in [6, 6.07) is 3.43. The lowest BCUT2D eigenvalue weighted by Crippen LogP contribution is -2.53. The molecule has 0 aliphatic carbocycles. The van der Waals surface area contributed by atoms with Crippen LogP contribution in [0.4, 0.5) is 33.9 Å². The van der Waals surface area contributed by atoms with E-state index in [0.717, 1.165) is 27.7 Å². The zero-order chi connectivity index (χ0) is 35.7. The summed E-state index contributed by atoms with van der Waals surface area (Å²) in [7, 11) is 0. The monoisotopic (exact) mass is 717 g/mol. The number of amides is 3. The van der Waals surface area contributed by atoms with Gasteiger partial charge in [-0.3, -0.25) is 19.2 Å². The minimum atomic E-state index is -4.77. The van der Waals surface area contributed by atoms with Crippen LogP contribution in [0.1, 0.15) is 36.1 Å². The lowest BCUT2D eigenvalue weighted by Gasteiger charge is -2.36. The van der Waals surface area contributed by atoms with Crippen molar-refractivity contribution in [1.82, 2.24) is 28.4 Å². The molecule has 3 amide bonds. The van der Waals surface area contributed by atoms with Crippen molar-refractivity contribution in [2.75, 3.05) is 54.9 Å². The number of piperazine rings is 1. The topological polar surface area (TPSA) is 156 Å². The maximum atomic E-state index is 14.6. The van der Waals surface area contributed by atoms with Crippen LogP contribution in [0.5, 0.6) is 0 Å². The zero-order valence-corrected chi connectivity index (χ0v) is 27.7. The van der Waals surface area contributed by atoms with E-state index in [-0.39, 0.29) is 49.9 Å². The van der Waals surface area contributed by atoms with Crippen molar-refractivity contribution in [2.24, 2.45) is 0 Å². The summed E-state index contributed by atoms with van der Waals surface area (Å²) in [4.78, 5) is 60.7. The van der Waals surface area contributed by atoms with Gasteiger partial charge in [0.1, 0.15) is 23.1 Å². The van der Waals surface area contributed by atoms with Crippen molar-refractivity contribution in [3.8, 4) is 0 Å². The van der Waals surface area contributed by atoms with E-state index in [2.05, 4.69) is 25.1 Å². The minimum Gasteiger partial charge on any atom is -0.377 e. The molecule has 2 N–H and O–H groups in total. The molecule has 0 radical (unpaired) electrons. The van der Waals surface area contributed by atoms with Crippen LogP contribution < -0.4 is 21.1 Å². The lowest BCUT2D eigenvalue weighted by molar-refractivity contribution is -0.143. The molecule has 0 saturated carbocycles. The number of nitrogens with one attached hydrogen (secondary N) is 2. The van der Waals surface area contributed by atoms with Gasteiger partial charge in [0, 0.05) is 26.2 Å². The van der Waals surface area contributed by atoms with E-state index in [9.17, 15) is 36.7 Å². The van der Waals surface area contributed by atoms with Crippen molar-refractivity contribution in [2.45, 2.75) is 39.4 Å². The molecule has 50 heavy (non-hydrogen) atoms. The molecule has 4 aromatic rings. The number of ether oxygens (including phenoxy) is 1. The maximum Gasteiger partial charge on any atom is 0.416 e. The number of nitrogens with zero attached hydrogens (tertiary/aromatic N) is 7. The van der Waals surface area contributed by atoms with Crippen molar-refractivity contribution in [3.63, 3.8) is 0 Å². The summed E-state index contributed by atoms with van der Waals surface area (Å²) in [5, 5.41) is 9.79. The van der Waals surface area contributed by atoms with Gasteiger partial charge in [0.25, 0.3) is 5.56 Å². The summed E-state index contributed by atoms with van der Waals surface area (Å²) in [5.74, 6) is -3.32. The quantitative estimate of drug-likeness (QED) is 0.217. The van der Waals surface area contributed by atoms with Gasteiger partial charge >= 0.3 is 18.0 Å². The Hall–Kier alpha value is -5.17. The van der Waals surface area contributed by atoms with E-state index < -0.39 is 53.1 Å². The Labute approximate surface area is 285 Å². The first-order valence-corrected chi connectivity index (χ1v) is 16.4. The van der Waals surface area contributed by atoms with E-state index in [1.54, 1.807) is 30.9 Å². The van der Waals surface area contributed by atoms with Gasteiger partial charge in [-0.15, -0.1) is 5.10 Å². The average molecular weight is 718 g/mol. The number of hydrogen-bond acceptors (Lipinski definition) is 10. The number of carbonyl (C=O) groups is 3. The van der Waals surface area contributed by atoms with Gasteiger partial charge in [-0.25, -0.2) is 4.39 Å². The highest BCUT2D eigenvalue weighted by Gasteiger charge is 2.33. The smallest absolute Gasteiger partial charge is 0.377 e. The molecule has 2 aliphatic rings. The zero-order valence-electron chi connectivity index (χ0n) is 26.8. The molecular weight excluding hydrogens is 686 g/mol. The first-order chi connectivity index (χ1) is 23.8. The van der Waals surface area contributed by atoms with Crippen molar-refractivity contribution < 1.29 is 36.7 Å². The maximum absolute atomic E-state index is 14.6. The second-order valence-corrected chi connectivity index (χ2v) is 12.4. The van der Waals surface area contributed by atoms with Crippen LogP contribution in [-0.4, -0.2) is 85.6 Å². The molecule has 1 aromatic carbocycles. The summed E-state index contributed by atoms with van der Waals surface area (Å²) in [6.07, 6.45) is -2.26. The van der Waals surface area contributed by atoms with Crippen LogP contribution in [0.3, 0.4) is 0 Å². The highest BCUT2D eigenvalue weighted by atomic mass is 32.1. The van der Waals surface area contributed by atoms with E-state index >= 15 is 0 Å². The number of benzene rings is 1. The van der Waals surface area contributed by atoms with E-state index in [1.807, 2.05) is 0 Å². The molecule has 0 spiro atoms. The molecule has 264 valence electrons. The van der Waals surface area contributed by atoms with Gasteiger partial charge in [0.15, 0.2) is 5.82 Å². The van der Waals surface area contributed by atoms with Gasteiger partial charge in [0.05, 0.1) is 35.9 Å². The van der Waals surface area contributed by atoms with E-state index in [4.69, 9.17) is 4.74 Å². The number of carbonyl (C=O) groups excluding carboxylic acids is 3.